The molecule has 0 saturated carbocycles. The molecule has 0 unspecified atom stereocenters. The van der Waals surface area contributed by atoms with Gasteiger partial charge in [-0.1, -0.05) is 49.0 Å². The molecule has 32 heavy (non-hydrogen) atoms. The number of amides is 1. The Balaban J connectivity index is 1.32. The number of anilines is 1. The predicted molar refractivity (Wildman–Crippen MR) is 127 cm³/mol. The number of aryl methyl sites for hydroxylation is 1. The van der Waals surface area contributed by atoms with Crippen LogP contribution in [0.15, 0.2) is 58.3 Å². The van der Waals surface area contributed by atoms with Crippen LogP contribution < -0.4 is 10.2 Å². The quantitative estimate of drug-likeness (QED) is 0.369. The maximum absolute atomic E-state index is 12.4. The fourth-order valence-corrected chi connectivity index (χ4v) is 4.64. The van der Waals surface area contributed by atoms with Gasteiger partial charge < -0.3 is 14.6 Å². The lowest BCUT2D eigenvalue weighted by Crippen LogP contribution is -2.35. The van der Waals surface area contributed by atoms with E-state index in [0.717, 1.165) is 61.6 Å². The topological polar surface area (TPSA) is 76.2 Å². The molecule has 2 aromatic heterocycles. The largest absolute Gasteiger partial charge is 0.467 e. The molecule has 3 heterocycles. The second-order valence-corrected chi connectivity index (χ2v) is 9.29. The number of rotatable bonds is 10. The van der Waals surface area contributed by atoms with Crippen molar-refractivity contribution in [3.8, 4) is 0 Å². The average Bonchev–Trinajstić information content (AvgIpc) is 3.47. The van der Waals surface area contributed by atoms with Gasteiger partial charge in [-0.05, 0) is 49.3 Å². The first kappa shape index (κ1) is 22.5. The molecule has 1 fully saturated rings. The highest BCUT2D eigenvalue weighted by Crippen LogP contribution is 2.27. The maximum Gasteiger partial charge on any atom is 0.230 e. The number of nitrogens with zero attached hydrogens (tertiary/aromatic N) is 4. The minimum Gasteiger partial charge on any atom is -0.467 e. The van der Waals surface area contributed by atoms with E-state index in [-0.39, 0.29) is 5.91 Å². The van der Waals surface area contributed by atoms with Gasteiger partial charge in [0.05, 0.1) is 18.6 Å². The van der Waals surface area contributed by atoms with Gasteiger partial charge >= 0.3 is 0 Å². The van der Waals surface area contributed by atoms with E-state index in [2.05, 4.69) is 44.0 Å². The molecular formula is C24H31N5O2S. The van der Waals surface area contributed by atoms with Crippen molar-refractivity contribution in [1.82, 2.24) is 20.1 Å². The van der Waals surface area contributed by atoms with Gasteiger partial charge in [0, 0.05) is 19.6 Å². The van der Waals surface area contributed by atoms with Crippen molar-refractivity contribution in [3.05, 3.63) is 60.1 Å². The highest BCUT2D eigenvalue weighted by molar-refractivity contribution is 7.99. The van der Waals surface area contributed by atoms with Crippen LogP contribution in [-0.2, 0) is 17.8 Å². The smallest absolute Gasteiger partial charge is 0.230 e. The molecule has 0 bridgehead atoms. The molecule has 1 saturated heterocycles. The van der Waals surface area contributed by atoms with Crippen LogP contribution in [0.5, 0.6) is 0 Å². The molecule has 0 aliphatic carbocycles. The fourth-order valence-electron chi connectivity index (χ4n) is 3.87. The Hall–Kier alpha value is -2.74. The molecular weight excluding hydrogens is 422 g/mol. The van der Waals surface area contributed by atoms with E-state index in [4.69, 9.17) is 4.42 Å². The number of aromatic nitrogens is 3. The third-order valence-corrected chi connectivity index (χ3v) is 6.76. The van der Waals surface area contributed by atoms with Gasteiger partial charge in [-0.25, -0.2) is 0 Å². The first-order valence-electron chi connectivity index (χ1n) is 11.3. The van der Waals surface area contributed by atoms with Crippen molar-refractivity contribution < 1.29 is 9.21 Å². The lowest BCUT2D eigenvalue weighted by atomic mass is 10.00. The zero-order chi connectivity index (χ0) is 22.2. The Morgan fingerprint density at radius 1 is 1.16 bits per heavy atom. The zero-order valence-electron chi connectivity index (χ0n) is 18.6. The molecule has 1 aliphatic rings. The number of benzene rings is 1. The average molecular weight is 454 g/mol. The number of thioether (sulfide) groups is 1. The van der Waals surface area contributed by atoms with Crippen molar-refractivity contribution in [3.63, 3.8) is 0 Å². The number of nitrogens with one attached hydrogen (secondary N) is 1. The van der Waals surface area contributed by atoms with E-state index in [9.17, 15) is 4.79 Å². The molecule has 1 aromatic carbocycles. The Morgan fingerprint density at radius 2 is 1.97 bits per heavy atom. The van der Waals surface area contributed by atoms with Gasteiger partial charge in [0.15, 0.2) is 5.16 Å². The summed E-state index contributed by atoms with van der Waals surface area (Å²) in [5, 5.41) is 12.7. The van der Waals surface area contributed by atoms with Crippen LogP contribution in [0.4, 0.5) is 5.95 Å². The first-order chi connectivity index (χ1) is 15.7. The Morgan fingerprint density at radius 3 is 2.72 bits per heavy atom. The van der Waals surface area contributed by atoms with E-state index < -0.39 is 0 Å². The van der Waals surface area contributed by atoms with Crippen LogP contribution in [0.3, 0.4) is 0 Å². The molecule has 4 rings (SSSR count). The predicted octanol–water partition coefficient (Wildman–Crippen LogP) is 4.00. The highest BCUT2D eigenvalue weighted by atomic mass is 32.2. The third-order valence-electron chi connectivity index (χ3n) is 5.80. The Bertz CT molecular complexity index is 966. The number of hydrogen-bond donors (Lipinski definition) is 1. The van der Waals surface area contributed by atoms with E-state index in [1.807, 2.05) is 30.3 Å². The highest BCUT2D eigenvalue weighted by Gasteiger charge is 2.23. The maximum atomic E-state index is 12.4. The molecule has 0 spiro atoms. The summed E-state index contributed by atoms with van der Waals surface area (Å²) in [6.07, 6.45) is 5.87. The second kappa shape index (κ2) is 11.2. The molecule has 1 aliphatic heterocycles. The molecule has 8 heteroatoms. The standard InChI is InChI=1S/C24H31N5O2S/c1-19-11-14-28(15-12-19)23-26-27-24(29(23)17-21-10-6-16-31-21)32-18-22(30)25-13-5-9-20-7-3-2-4-8-20/h2-4,6-8,10,16,19H,5,9,11-15,17-18H2,1H3,(H,25,30). The molecule has 0 atom stereocenters. The van der Waals surface area contributed by atoms with Crippen LogP contribution in [0.25, 0.3) is 0 Å². The summed E-state index contributed by atoms with van der Waals surface area (Å²) in [5.74, 6) is 2.79. The van der Waals surface area contributed by atoms with Crippen molar-refractivity contribution in [2.45, 2.75) is 44.3 Å². The van der Waals surface area contributed by atoms with Crippen molar-refractivity contribution in [2.24, 2.45) is 5.92 Å². The SMILES string of the molecule is CC1CCN(c2nnc(SCC(=O)NCCCc3ccccc3)n2Cc2ccco2)CC1. The van der Waals surface area contributed by atoms with Crippen LogP contribution in [0.1, 0.15) is 37.5 Å². The van der Waals surface area contributed by atoms with Crippen molar-refractivity contribution in [1.29, 1.82) is 0 Å². The molecule has 1 amide bonds. The summed E-state index contributed by atoms with van der Waals surface area (Å²) >= 11 is 1.43. The summed E-state index contributed by atoms with van der Waals surface area (Å²) in [6.45, 7) is 5.48. The summed E-state index contributed by atoms with van der Waals surface area (Å²) in [6, 6.07) is 14.2. The van der Waals surface area contributed by atoms with Crippen molar-refractivity contribution in [2.75, 3.05) is 30.3 Å². The zero-order valence-corrected chi connectivity index (χ0v) is 19.4. The minimum absolute atomic E-state index is 0.0176. The van der Waals surface area contributed by atoms with E-state index in [1.165, 1.54) is 17.3 Å². The lowest BCUT2D eigenvalue weighted by Gasteiger charge is -2.31. The van der Waals surface area contributed by atoms with Gasteiger partial charge in [-0.15, -0.1) is 10.2 Å². The first-order valence-corrected chi connectivity index (χ1v) is 12.3. The molecule has 0 radical (unpaired) electrons. The fraction of sp³-hybridized carbons (Fsp3) is 0.458. The minimum atomic E-state index is 0.0176. The summed E-state index contributed by atoms with van der Waals surface area (Å²) in [7, 11) is 0. The van der Waals surface area contributed by atoms with Crippen LogP contribution in [0, 0.1) is 5.92 Å². The number of hydrogen-bond acceptors (Lipinski definition) is 6. The summed E-state index contributed by atoms with van der Waals surface area (Å²) in [5.41, 5.74) is 1.29. The van der Waals surface area contributed by atoms with E-state index in [0.29, 0.717) is 18.8 Å². The molecule has 1 N–H and O–H groups in total. The van der Waals surface area contributed by atoms with Gasteiger partial charge in [0.25, 0.3) is 0 Å². The summed E-state index contributed by atoms with van der Waals surface area (Å²) in [4.78, 5) is 14.7. The number of carbonyl (C=O) groups is 1. The monoisotopic (exact) mass is 453 g/mol. The van der Waals surface area contributed by atoms with Gasteiger partial charge in [0.1, 0.15) is 5.76 Å². The molecule has 170 valence electrons. The third kappa shape index (κ3) is 6.16. The van der Waals surface area contributed by atoms with Crippen LogP contribution in [-0.4, -0.2) is 46.1 Å². The number of carbonyl (C=O) groups excluding carboxylic acids is 1. The number of furan rings is 1. The van der Waals surface area contributed by atoms with E-state index >= 15 is 0 Å². The molecule has 3 aromatic rings. The van der Waals surface area contributed by atoms with Gasteiger partial charge in [0.2, 0.25) is 11.9 Å². The second-order valence-electron chi connectivity index (χ2n) is 8.35. The molecule has 7 nitrogen and oxygen atoms in total. The van der Waals surface area contributed by atoms with Crippen molar-refractivity contribution >= 4 is 23.6 Å². The number of piperidine rings is 1. The van der Waals surface area contributed by atoms with Crippen LogP contribution in [0.2, 0.25) is 0 Å². The normalized spacial score (nSPS) is 14.6. The Labute approximate surface area is 193 Å². The van der Waals surface area contributed by atoms with Gasteiger partial charge in [-0.2, -0.15) is 0 Å². The lowest BCUT2D eigenvalue weighted by molar-refractivity contribution is -0.118. The summed E-state index contributed by atoms with van der Waals surface area (Å²) < 4.78 is 7.64. The Kier molecular flexibility index (Phi) is 7.87. The van der Waals surface area contributed by atoms with E-state index in [1.54, 1.807) is 6.26 Å². The van der Waals surface area contributed by atoms with Gasteiger partial charge in [-0.3, -0.25) is 9.36 Å². The van der Waals surface area contributed by atoms with Crippen LogP contribution >= 0.6 is 11.8 Å².